The number of fused-ring (bicyclic) bond motifs is 3. The summed E-state index contributed by atoms with van der Waals surface area (Å²) < 4.78 is 3.63. The minimum atomic E-state index is -0.177. The van der Waals surface area contributed by atoms with Gasteiger partial charge in [0.2, 0.25) is 5.78 Å². The lowest BCUT2D eigenvalue weighted by Gasteiger charge is -2.13. The van der Waals surface area contributed by atoms with Crippen molar-refractivity contribution in [3.05, 3.63) is 62.6 Å². The van der Waals surface area contributed by atoms with Crippen LogP contribution in [0.4, 0.5) is 0 Å². The van der Waals surface area contributed by atoms with Gasteiger partial charge in [0.25, 0.3) is 11.1 Å². The molecule has 0 bridgehead atoms. The molecule has 1 aromatic carbocycles. The molecule has 0 aliphatic rings. The van der Waals surface area contributed by atoms with Gasteiger partial charge in [-0.1, -0.05) is 37.7 Å². The predicted octanol–water partition coefficient (Wildman–Crippen LogP) is 3.34. The summed E-state index contributed by atoms with van der Waals surface area (Å²) in [5.74, 6) is 1.57. The smallest absolute Gasteiger partial charge is 0.262 e. The largest absolute Gasteiger partial charge is 0.310 e. The summed E-state index contributed by atoms with van der Waals surface area (Å²) in [6.07, 6.45) is 0.869. The molecule has 8 nitrogen and oxygen atoms in total. The molecule has 3 aromatic heterocycles. The molecule has 0 radical (unpaired) electrons. The maximum absolute atomic E-state index is 13.1. The molecule has 0 aliphatic carbocycles. The van der Waals surface area contributed by atoms with E-state index in [1.807, 2.05) is 35.6 Å². The van der Waals surface area contributed by atoms with Gasteiger partial charge in [-0.3, -0.25) is 18.6 Å². The van der Waals surface area contributed by atoms with E-state index in [1.165, 1.54) is 17.8 Å². The summed E-state index contributed by atoms with van der Waals surface area (Å²) in [5, 5.41) is 9.86. The molecule has 4 rings (SSSR count). The second-order valence-electron chi connectivity index (χ2n) is 7.81. The quantitative estimate of drug-likeness (QED) is 0.477. The molecule has 156 valence electrons. The van der Waals surface area contributed by atoms with Crippen molar-refractivity contribution < 1.29 is 0 Å². The zero-order valence-corrected chi connectivity index (χ0v) is 18.2. The number of rotatable bonds is 6. The van der Waals surface area contributed by atoms with E-state index in [9.17, 15) is 9.59 Å². The van der Waals surface area contributed by atoms with Crippen molar-refractivity contribution in [1.82, 2.24) is 29.1 Å². The summed E-state index contributed by atoms with van der Waals surface area (Å²) in [4.78, 5) is 32.2. The highest BCUT2D eigenvalue weighted by molar-refractivity contribution is 7.99. The van der Waals surface area contributed by atoms with Gasteiger partial charge in [0.1, 0.15) is 5.82 Å². The van der Waals surface area contributed by atoms with Crippen LogP contribution >= 0.6 is 11.8 Å². The van der Waals surface area contributed by atoms with E-state index >= 15 is 0 Å². The summed E-state index contributed by atoms with van der Waals surface area (Å²) in [6.45, 7) is 8.59. The van der Waals surface area contributed by atoms with Crippen LogP contribution in [0.15, 0.2) is 45.1 Å². The van der Waals surface area contributed by atoms with Gasteiger partial charge in [0, 0.05) is 18.3 Å². The maximum Gasteiger partial charge on any atom is 0.262 e. The van der Waals surface area contributed by atoms with Crippen molar-refractivity contribution in [2.75, 3.05) is 0 Å². The van der Waals surface area contributed by atoms with E-state index in [-0.39, 0.29) is 16.4 Å². The van der Waals surface area contributed by atoms with Crippen LogP contribution in [0.2, 0.25) is 0 Å². The van der Waals surface area contributed by atoms with Gasteiger partial charge in [0.05, 0.1) is 16.2 Å². The Morgan fingerprint density at radius 1 is 1.13 bits per heavy atom. The number of thioether (sulfide) groups is 1. The van der Waals surface area contributed by atoms with Gasteiger partial charge in [-0.25, -0.2) is 4.98 Å². The zero-order chi connectivity index (χ0) is 21.4. The fourth-order valence-electron chi connectivity index (χ4n) is 3.41. The van der Waals surface area contributed by atoms with Crippen molar-refractivity contribution >= 4 is 28.4 Å². The third-order valence-corrected chi connectivity index (χ3v) is 6.02. The minimum absolute atomic E-state index is 0.0552. The normalized spacial score (nSPS) is 12.8. The number of aromatic nitrogens is 6. The molecule has 1 atom stereocenters. The molecule has 3 heterocycles. The molecule has 0 aliphatic heterocycles. The fourth-order valence-corrected chi connectivity index (χ4v) is 4.32. The third-order valence-electron chi connectivity index (χ3n) is 4.96. The molecule has 0 spiro atoms. The summed E-state index contributed by atoms with van der Waals surface area (Å²) in [6, 6.07) is 8.97. The Hall–Kier alpha value is -2.94. The maximum atomic E-state index is 13.1. The van der Waals surface area contributed by atoms with E-state index in [1.54, 1.807) is 11.5 Å². The Kier molecular flexibility index (Phi) is 5.46. The molecular formula is C21H24N6O2S. The molecule has 0 fully saturated rings. The Balaban J connectivity index is 1.85. The van der Waals surface area contributed by atoms with Gasteiger partial charge < -0.3 is 4.98 Å². The Morgan fingerprint density at radius 2 is 1.90 bits per heavy atom. The Morgan fingerprint density at radius 3 is 2.63 bits per heavy atom. The van der Waals surface area contributed by atoms with E-state index in [2.05, 4.69) is 34.0 Å². The van der Waals surface area contributed by atoms with Crippen LogP contribution in [0.3, 0.4) is 0 Å². The molecular weight excluding hydrogens is 400 g/mol. The van der Waals surface area contributed by atoms with Gasteiger partial charge in [-0.15, -0.1) is 10.2 Å². The number of hydrogen-bond acceptors (Lipinski definition) is 6. The average Bonchev–Trinajstić information content (AvgIpc) is 3.10. The Bertz CT molecular complexity index is 1340. The van der Waals surface area contributed by atoms with Crippen LogP contribution in [0.1, 0.15) is 44.0 Å². The van der Waals surface area contributed by atoms with Crippen LogP contribution in [0.5, 0.6) is 0 Å². The standard InChI is InChI=1S/C21H24N6O2S/c1-12(2)9-10-26-19(29)15-7-5-6-8-16(15)27-20(26)24-25-21(27)30-14(4)18-22-13(3)11-17(28)23-18/h5-8,11-12,14H,9-10H2,1-4H3,(H,22,23,28). The van der Waals surface area contributed by atoms with Crippen LogP contribution in [-0.4, -0.2) is 29.1 Å². The highest BCUT2D eigenvalue weighted by Gasteiger charge is 2.20. The van der Waals surface area contributed by atoms with Gasteiger partial charge in [0.15, 0.2) is 5.16 Å². The van der Waals surface area contributed by atoms with Crippen LogP contribution in [-0.2, 0) is 6.54 Å². The summed E-state index contributed by atoms with van der Waals surface area (Å²) >= 11 is 1.45. The molecule has 0 saturated heterocycles. The van der Waals surface area contributed by atoms with Crippen molar-refractivity contribution in [2.24, 2.45) is 5.92 Å². The van der Waals surface area contributed by atoms with E-state index in [0.717, 1.165) is 11.9 Å². The molecule has 30 heavy (non-hydrogen) atoms. The van der Waals surface area contributed by atoms with Crippen LogP contribution in [0, 0.1) is 12.8 Å². The highest BCUT2D eigenvalue weighted by Crippen LogP contribution is 2.32. The number of hydrogen-bond donors (Lipinski definition) is 1. The number of aryl methyl sites for hydroxylation is 2. The second kappa shape index (κ2) is 8.06. The minimum Gasteiger partial charge on any atom is -0.310 e. The first kappa shape index (κ1) is 20.3. The molecule has 4 aromatic rings. The van der Waals surface area contributed by atoms with E-state index in [0.29, 0.717) is 40.3 Å². The van der Waals surface area contributed by atoms with Gasteiger partial charge >= 0.3 is 0 Å². The second-order valence-corrected chi connectivity index (χ2v) is 9.11. The molecule has 0 amide bonds. The molecule has 1 unspecified atom stereocenters. The fraction of sp³-hybridized carbons (Fsp3) is 0.381. The van der Waals surface area contributed by atoms with E-state index < -0.39 is 0 Å². The first-order valence-corrected chi connectivity index (χ1v) is 10.8. The Labute approximate surface area is 177 Å². The highest BCUT2D eigenvalue weighted by atomic mass is 32.2. The predicted molar refractivity (Wildman–Crippen MR) is 118 cm³/mol. The van der Waals surface area contributed by atoms with Crippen LogP contribution in [0.25, 0.3) is 16.7 Å². The summed E-state index contributed by atoms with van der Waals surface area (Å²) in [5.41, 5.74) is 1.20. The number of nitrogens with zero attached hydrogens (tertiary/aromatic N) is 5. The monoisotopic (exact) mass is 424 g/mol. The lowest BCUT2D eigenvalue weighted by molar-refractivity contribution is 0.512. The van der Waals surface area contributed by atoms with Crippen molar-refractivity contribution in [3.63, 3.8) is 0 Å². The topological polar surface area (TPSA) is 97.9 Å². The molecule has 1 N–H and O–H groups in total. The number of benzene rings is 1. The third kappa shape index (κ3) is 3.77. The van der Waals surface area contributed by atoms with Crippen LogP contribution < -0.4 is 11.1 Å². The lowest BCUT2D eigenvalue weighted by atomic mass is 10.1. The van der Waals surface area contributed by atoms with E-state index in [4.69, 9.17) is 0 Å². The summed E-state index contributed by atoms with van der Waals surface area (Å²) in [7, 11) is 0. The van der Waals surface area contributed by atoms with Crippen molar-refractivity contribution in [3.8, 4) is 0 Å². The number of nitrogens with one attached hydrogen (secondary N) is 1. The molecule has 0 saturated carbocycles. The number of para-hydroxylation sites is 1. The van der Waals surface area contributed by atoms with Crippen molar-refractivity contribution in [2.45, 2.75) is 51.1 Å². The lowest BCUT2D eigenvalue weighted by Crippen LogP contribution is -2.24. The zero-order valence-electron chi connectivity index (χ0n) is 17.4. The van der Waals surface area contributed by atoms with Gasteiger partial charge in [-0.05, 0) is 38.3 Å². The first-order valence-electron chi connectivity index (χ1n) is 9.96. The number of H-pyrrole nitrogens is 1. The van der Waals surface area contributed by atoms with Crippen molar-refractivity contribution in [1.29, 1.82) is 0 Å². The molecule has 9 heteroatoms. The van der Waals surface area contributed by atoms with Gasteiger partial charge in [-0.2, -0.15) is 0 Å². The first-order chi connectivity index (χ1) is 14.3. The average molecular weight is 425 g/mol. The number of aromatic amines is 1. The SMILES string of the molecule is Cc1cc(=O)[nH]c(C(C)Sc2nnc3n(CCC(C)C)c(=O)c4ccccc4n23)n1.